The van der Waals surface area contributed by atoms with Crippen LogP contribution in [0.25, 0.3) is 10.9 Å². The fourth-order valence-corrected chi connectivity index (χ4v) is 4.13. The lowest BCUT2D eigenvalue weighted by Crippen LogP contribution is -2.46. The molecule has 4 rings (SSSR count). The molecule has 0 aliphatic carbocycles. The Kier molecular flexibility index (Phi) is 6.97. The number of hydrogen-bond acceptors (Lipinski definition) is 7. The molecule has 2 heterocycles. The molecule has 0 amide bonds. The summed E-state index contributed by atoms with van der Waals surface area (Å²) in [6, 6.07) is 11.6. The zero-order valence-corrected chi connectivity index (χ0v) is 18.9. The first kappa shape index (κ1) is 21.9. The van der Waals surface area contributed by atoms with E-state index in [0.29, 0.717) is 15.8 Å². The SMILES string of the molecule is COC(COc1cc(Cl)cc(N2CCN(c3cnnc4c(Cl)cccc34)CC2)c1)OC. The minimum absolute atomic E-state index is 0.283. The quantitative estimate of drug-likeness (QED) is 0.486. The van der Waals surface area contributed by atoms with Crippen LogP contribution in [0.4, 0.5) is 11.4 Å². The molecule has 7 nitrogen and oxygen atoms in total. The molecule has 31 heavy (non-hydrogen) atoms. The van der Waals surface area contributed by atoms with E-state index >= 15 is 0 Å². The van der Waals surface area contributed by atoms with Crippen molar-refractivity contribution in [2.45, 2.75) is 6.29 Å². The van der Waals surface area contributed by atoms with Gasteiger partial charge in [-0.2, -0.15) is 5.10 Å². The Balaban J connectivity index is 1.46. The van der Waals surface area contributed by atoms with E-state index < -0.39 is 6.29 Å². The third-order valence-corrected chi connectivity index (χ3v) is 5.88. The van der Waals surface area contributed by atoms with Gasteiger partial charge in [0.2, 0.25) is 0 Å². The molecule has 9 heteroatoms. The van der Waals surface area contributed by atoms with Crippen molar-refractivity contribution in [3.8, 4) is 5.75 Å². The van der Waals surface area contributed by atoms with Crippen molar-refractivity contribution in [2.75, 3.05) is 56.8 Å². The van der Waals surface area contributed by atoms with E-state index in [1.807, 2.05) is 36.5 Å². The molecule has 0 bridgehead atoms. The maximum Gasteiger partial charge on any atom is 0.191 e. The molecule has 1 aliphatic rings. The number of ether oxygens (including phenoxy) is 3. The molecule has 1 aliphatic heterocycles. The molecule has 0 saturated carbocycles. The summed E-state index contributed by atoms with van der Waals surface area (Å²) in [7, 11) is 3.16. The van der Waals surface area contributed by atoms with Crippen LogP contribution in [-0.2, 0) is 9.47 Å². The first-order valence-electron chi connectivity index (χ1n) is 9.98. The van der Waals surface area contributed by atoms with E-state index in [0.717, 1.165) is 48.5 Å². The zero-order valence-electron chi connectivity index (χ0n) is 17.4. The Hall–Kier alpha value is -2.32. The summed E-state index contributed by atoms with van der Waals surface area (Å²) in [6.45, 7) is 3.63. The largest absolute Gasteiger partial charge is 0.488 e. The Morgan fingerprint density at radius 3 is 2.48 bits per heavy atom. The van der Waals surface area contributed by atoms with E-state index in [-0.39, 0.29) is 6.61 Å². The Morgan fingerprint density at radius 1 is 1.00 bits per heavy atom. The highest BCUT2D eigenvalue weighted by molar-refractivity contribution is 6.35. The summed E-state index contributed by atoms with van der Waals surface area (Å²) in [4.78, 5) is 4.61. The first-order valence-corrected chi connectivity index (χ1v) is 10.7. The molecule has 1 fully saturated rings. The fraction of sp³-hybridized carbons (Fsp3) is 0.364. The van der Waals surface area contributed by atoms with Gasteiger partial charge < -0.3 is 24.0 Å². The van der Waals surface area contributed by atoms with Crippen LogP contribution in [0.5, 0.6) is 5.75 Å². The topological polar surface area (TPSA) is 60.0 Å². The molecule has 164 valence electrons. The lowest BCUT2D eigenvalue weighted by atomic mass is 10.1. The third kappa shape index (κ3) is 4.96. The Labute approximate surface area is 191 Å². The number of aromatic nitrogens is 2. The van der Waals surface area contributed by atoms with Gasteiger partial charge >= 0.3 is 0 Å². The van der Waals surface area contributed by atoms with E-state index in [1.165, 1.54) is 0 Å². The van der Waals surface area contributed by atoms with Gasteiger partial charge in [0.15, 0.2) is 6.29 Å². The molecule has 0 radical (unpaired) electrons. The first-order chi connectivity index (χ1) is 15.1. The number of benzene rings is 2. The van der Waals surface area contributed by atoms with Crippen LogP contribution in [0.1, 0.15) is 0 Å². The Morgan fingerprint density at radius 2 is 1.74 bits per heavy atom. The van der Waals surface area contributed by atoms with Crippen molar-refractivity contribution in [3.63, 3.8) is 0 Å². The summed E-state index contributed by atoms with van der Waals surface area (Å²) in [6.07, 6.45) is 1.38. The number of rotatable bonds is 7. The van der Waals surface area contributed by atoms with Crippen LogP contribution in [-0.4, -0.2) is 63.5 Å². The Bertz CT molecular complexity index is 1040. The fourth-order valence-electron chi connectivity index (χ4n) is 3.70. The number of halogens is 2. The van der Waals surface area contributed by atoms with E-state index in [1.54, 1.807) is 20.3 Å². The van der Waals surface area contributed by atoms with Crippen LogP contribution in [0.15, 0.2) is 42.6 Å². The van der Waals surface area contributed by atoms with Gasteiger partial charge in [-0.25, -0.2) is 0 Å². The van der Waals surface area contributed by atoms with Crippen molar-refractivity contribution in [1.82, 2.24) is 10.2 Å². The molecule has 0 atom stereocenters. The van der Waals surface area contributed by atoms with Gasteiger partial charge in [0, 0.05) is 62.6 Å². The van der Waals surface area contributed by atoms with E-state index in [2.05, 4.69) is 20.0 Å². The molecular weight excluding hydrogens is 439 g/mol. The maximum atomic E-state index is 6.35. The van der Waals surface area contributed by atoms with Gasteiger partial charge in [0.1, 0.15) is 17.9 Å². The highest BCUT2D eigenvalue weighted by Gasteiger charge is 2.21. The van der Waals surface area contributed by atoms with E-state index in [4.69, 9.17) is 37.4 Å². The number of methoxy groups -OCH3 is 2. The monoisotopic (exact) mass is 462 g/mol. The zero-order chi connectivity index (χ0) is 21.8. The van der Waals surface area contributed by atoms with Crippen LogP contribution in [0, 0.1) is 0 Å². The highest BCUT2D eigenvalue weighted by Crippen LogP contribution is 2.31. The summed E-state index contributed by atoms with van der Waals surface area (Å²) in [5.41, 5.74) is 2.80. The lowest BCUT2D eigenvalue weighted by Gasteiger charge is -2.37. The van der Waals surface area contributed by atoms with Crippen molar-refractivity contribution >= 4 is 45.5 Å². The summed E-state index contributed by atoms with van der Waals surface area (Å²) in [5.74, 6) is 0.683. The smallest absolute Gasteiger partial charge is 0.191 e. The second-order valence-corrected chi connectivity index (χ2v) is 8.04. The summed E-state index contributed by atoms with van der Waals surface area (Å²) >= 11 is 12.6. The summed E-state index contributed by atoms with van der Waals surface area (Å²) in [5, 5.41) is 10.6. The van der Waals surface area contributed by atoms with Crippen molar-refractivity contribution in [2.24, 2.45) is 0 Å². The summed E-state index contributed by atoms with van der Waals surface area (Å²) < 4.78 is 16.2. The molecule has 3 aromatic rings. The van der Waals surface area contributed by atoms with Crippen LogP contribution in [0.3, 0.4) is 0 Å². The van der Waals surface area contributed by atoms with Gasteiger partial charge in [-0.15, -0.1) is 5.10 Å². The standard InChI is InChI=1S/C22H24Cl2N4O3/c1-29-21(30-2)14-31-17-11-15(23)10-16(12-17)27-6-8-28(9-7-27)20-13-25-26-22-18(20)4-3-5-19(22)24/h3-5,10-13,21H,6-9,14H2,1-2H3. The van der Waals surface area contributed by atoms with Crippen LogP contribution in [0.2, 0.25) is 10.0 Å². The lowest BCUT2D eigenvalue weighted by molar-refractivity contribution is -0.121. The number of fused-ring (bicyclic) bond motifs is 1. The molecule has 0 unspecified atom stereocenters. The highest BCUT2D eigenvalue weighted by atomic mass is 35.5. The van der Waals surface area contributed by atoms with Gasteiger partial charge in [-0.3, -0.25) is 0 Å². The average molecular weight is 463 g/mol. The molecular formula is C22H24Cl2N4O3. The molecule has 0 N–H and O–H groups in total. The van der Waals surface area contributed by atoms with Crippen molar-refractivity contribution in [3.05, 3.63) is 52.6 Å². The predicted molar refractivity (Wildman–Crippen MR) is 124 cm³/mol. The minimum Gasteiger partial charge on any atom is -0.488 e. The van der Waals surface area contributed by atoms with Gasteiger partial charge in [0.05, 0.1) is 16.9 Å². The van der Waals surface area contributed by atoms with Gasteiger partial charge in [-0.1, -0.05) is 35.3 Å². The molecule has 1 aromatic heterocycles. The predicted octanol–water partition coefficient (Wildman–Crippen LogP) is 4.26. The van der Waals surface area contributed by atoms with Crippen molar-refractivity contribution < 1.29 is 14.2 Å². The second kappa shape index (κ2) is 9.87. The van der Waals surface area contributed by atoms with Crippen LogP contribution < -0.4 is 14.5 Å². The number of nitrogens with zero attached hydrogens (tertiary/aromatic N) is 4. The van der Waals surface area contributed by atoms with Crippen LogP contribution >= 0.6 is 23.2 Å². The van der Waals surface area contributed by atoms with Crippen molar-refractivity contribution in [1.29, 1.82) is 0 Å². The minimum atomic E-state index is -0.428. The molecule has 1 saturated heterocycles. The third-order valence-electron chi connectivity index (χ3n) is 5.35. The number of piperazine rings is 1. The maximum absolute atomic E-state index is 6.35. The normalized spacial score (nSPS) is 14.5. The molecule has 0 spiro atoms. The van der Waals surface area contributed by atoms with Gasteiger partial charge in [0.25, 0.3) is 0 Å². The van der Waals surface area contributed by atoms with Gasteiger partial charge in [-0.05, 0) is 18.2 Å². The number of hydrogen-bond donors (Lipinski definition) is 0. The second-order valence-electron chi connectivity index (χ2n) is 7.20. The number of anilines is 2. The average Bonchev–Trinajstić information content (AvgIpc) is 2.79. The van der Waals surface area contributed by atoms with E-state index in [9.17, 15) is 0 Å². The molecule has 2 aromatic carbocycles.